The van der Waals surface area contributed by atoms with Crippen molar-refractivity contribution in [2.45, 2.75) is 25.8 Å². The summed E-state index contributed by atoms with van der Waals surface area (Å²) in [7, 11) is 0. The normalized spacial score (nSPS) is 16.1. The third-order valence-corrected chi connectivity index (χ3v) is 4.79. The number of ketones is 1. The molecule has 0 spiro atoms. The number of hydrogen-bond acceptors (Lipinski definition) is 2. The quantitative estimate of drug-likeness (QED) is 0.781. The smallest absolute Gasteiger partial charge is 0.159 e. The lowest BCUT2D eigenvalue weighted by molar-refractivity contribution is -0.119. The van der Waals surface area contributed by atoms with Crippen LogP contribution in [0.5, 0.6) is 0 Å². The highest BCUT2D eigenvalue weighted by atomic mass is 16.1. The molecule has 2 heteroatoms. The van der Waals surface area contributed by atoms with E-state index < -0.39 is 0 Å². The molecule has 3 aromatic rings. The first-order valence-electron chi connectivity index (χ1n) is 8.07. The van der Waals surface area contributed by atoms with Crippen LogP contribution >= 0.6 is 0 Å². The average Bonchev–Trinajstić information content (AvgIpc) is 3.01. The van der Waals surface area contributed by atoms with Crippen molar-refractivity contribution in [3.63, 3.8) is 0 Å². The molecule has 1 unspecified atom stereocenters. The van der Waals surface area contributed by atoms with Crippen LogP contribution in [0.3, 0.4) is 0 Å². The minimum absolute atomic E-state index is 0.106. The van der Waals surface area contributed by atoms with Gasteiger partial charge in [0.1, 0.15) is 0 Å². The molecule has 1 N–H and O–H groups in total. The highest BCUT2D eigenvalue weighted by Gasteiger charge is 2.26. The van der Waals surface area contributed by atoms with Gasteiger partial charge in [-0.25, -0.2) is 0 Å². The van der Waals surface area contributed by atoms with Gasteiger partial charge in [0.2, 0.25) is 0 Å². The summed E-state index contributed by atoms with van der Waals surface area (Å²) in [5.41, 5.74) is 4.68. The molecule has 0 amide bonds. The lowest BCUT2D eigenvalue weighted by atomic mass is 9.93. The Bertz CT molecular complexity index is 872. The summed E-state index contributed by atoms with van der Waals surface area (Å²) >= 11 is 0. The van der Waals surface area contributed by atoms with Crippen LogP contribution in [-0.4, -0.2) is 11.8 Å². The molecule has 4 rings (SSSR count). The molecule has 0 fully saturated rings. The first kappa shape index (κ1) is 14.0. The number of carbonyl (C=O) groups is 1. The Morgan fingerprint density at radius 1 is 1.04 bits per heavy atom. The number of benzene rings is 3. The Morgan fingerprint density at radius 2 is 1.83 bits per heavy atom. The van der Waals surface area contributed by atoms with E-state index >= 15 is 0 Å². The van der Waals surface area contributed by atoms with E-state index in [9.17, 15) is 4.79 Å². The van der Waals surface area contributed by atoms with E-state index in [4.69, 9.17) is 0 Å². The largest absolute Gasteiger partial charge is 0.375 e. The number of fused-ring (bicyclic) bond motifs is 2. The fourth-order valence-corrected chi connectivity index (χ4v) is 3.47. The summed E-state index contributed by atoms with van der Waals surface area (Å²) in [5.74, 6) is 0.264. The van der Waals surface area contributed by atoms with Gasteiger partial charge in [0.15, 0.2) is 5.78 Å². The van der Waals surface area contributed by atoms with Crippen molar-refractivity contribution in [2.24, 2.45) is 0 Å². The third kappa shape index (κ3) is 2.50. The second kappa shape index (κ2) is 5.54. The van der Waals surface area contributed by atoms with Crippen LogP contribution < -0.4 is 5.32 Å². The molecule has 0 bridgehead atoms. The number of rotatable bonds is 3. The van der Waals surface area contributed by atoms with Crippen molar-refractivity contribution >= 4 is 22.2 Å². The third-order valence-electron chi connectivity index (χ3n) is 4.79. The fourth-order valence-electron chi connectivity index (χ4n) is 3.47. The zero-order chi connectivity index (χ0) is 15.8. The number of para-hydroxylation sites is 1. The molecule has 0 aliphatic carbocycles. The van der Waals surface area contributed by atoms with Crippen molar-refractivity contribution in [1.29, 1.82) is 0 Å². The highest BCUT2D eigenvalue weighted by molar-refractivity contribution is 5.95. The van der Waals surface area contributed by atoms with Crippen molar-refractivity contribution in [3.05, 3.63) is 77.4 Å². The number of carbonyl (C=O) groups excluding carboxylic acids is 1. The molecule has 0 radical (unpaired) electrons. The number of aryl methyl sites for hydroxylation is 1. The lowest BCUT2D eigenvalue weighted by Gasteiger charge is -2.14. The Balaban J connectivity index is 1.62. The second-order valence-electron chi connectivity index (χ2n) is 6.28. The molecule has 2 nitrogen and oxygen atoms in total. The monoisotopic (exact) mass is 301 g/mol. The molecule has 0 aromatic heterocycles. The molecule has 23 heavy (non-hydrogen) atoms. The van der Waals surface area contributed by atoms with Gasteiger partial charge < -0.3 is 5.32 Å². The lowest BCUT2D eigenvalue weighted by Crippen LogP contribution is -2.28. The molecule has 0 saturated carbocycles. The molecular formula is C21H19NO. The highest BCUT2D eigenvalue weighted by Crippen LogP contribution is 2.28. The van der Waals surface area contributed by atoms with Crippen LogP contribution in [0.15, 0.2) is 60.7 Å². The maximum atomic E-state index is 12.8. The van der Waals surface area contributed by atoms with Crippen molar-refractivity contribution < 1.29 is 4.79 Å². The van der Waals surface area contributed by atoms with Gasteiger partial charge in [0, 0.05) is 18.5 Å². The maximum absolute atomic E-state index is 12.8. The Hall–Kier alpha value is -2.61. The summed E-state index contributed by atoms with van der Waals surface area (Å²) in [5, 5.41) is 5.76. The predicted molar refractivity (Wildman–Crippen MR) is 95.0 cm³/mol. The Kier molecular flexibility index (Phi) is 3.38. The van der Waals surface area contributed by atoms with Crippen molar-refractivity contribution in [1.82, 2.24) is 0 Å². The van der Waals surface area contributed by atoms with Crippen molar-refractivity contribution in [3.8, 4) is 0 Å². The molecule has 1 atom stereocenters. The van der Waals surface area contributed by atoms with E-state index in [1.54, 1.807) is 0 Å². The minimum atomic E-state index is -0.106. The molecule has 0 saturated heterocycles. The minimum Gasteiger partial charge on any atom is -0.375 e. The standard InChI is InChI=1S/C21H19NO/c1-14-10-11-15-6-2-4-8-17(15)18(14)13-21(23)20-12-16-7-3-5-9-19(16)22-20/h2-11,20,22H,12-13H2,1H3. The van der Waals surface area contributed by atoms with E-state index in [1.807, 2.05) is 30.3 Å². The van der Waals surface area contributed by atoms with E-state index in [2.05, 4.69) is 42.6 Å². The zero-order valence-electron chi connectivity index (χ0n) is 13.2. The SMILES string of the molecule is Cc1ccc2ccccc2c1CC(=O)C1Cc2ccccc2N1. The van der Waals surface area contributed by atoms with Crippen LogP contribution in [0.4, 0.5) is 5.69 Å². The fraction of sp³-hybridized carbons (Fsp3) is 0.190. The van der Waals surface area contributed by atoms with E-state index in [1.165, 1.54) is 21.9 Å². The van der Waals surface area contributed by atoms with Gasteiger partial charge in [-0.15, -0.1) is 0 Å². The summed E-state index contributed by atoms with van der Waals surface area (Å²) in [6, 6.07) is 20.6. The molecule has 1 heterocycles. The summed E-state index contributed by atoms with van der Waals surface area (Å²) < 4.78 is 0. The van der Waals surface area contributed by atoms with Crippen LogP contribution in [0.2, 0.25) is 0 Å². The van der Waals surface area contributed by atoms with Crippen molar-refractivity contribution in [2.75, 3.05) is 5.32 Å². The van der Waals surface area contributed by atoms with Crippen LogP contribution in [0.1, 0.15) is 16.7 Å². The zero-order valence-corrected chi connectivity index (χ0v) is 13.2. The van der Waals surface area contributed by atoms with Crippen LogP contribution in [-0.2, 0) is 17.6 Å². The van der Waals surface area contributed by atoms with E-state index in [0.29, 0.717) is 6.42 Å². The van der Waals surface area contributed by atoms with Gasteiger partial charge in [-0.3, -0.25) is 4.79 Å². The first-order valence-corrected chi connectivity index (χ1v) is 8.07. The van der Waals surface area contributed by atoms with Gasteiger partial charge in [0.05, 0.1) is 6.04 Å². The van der Waals surface area contributed by atoms with Crippen LogP contribution in [0.25, 0.3) is 10.8 Å². The molecular weight excluding hydrogens is 282 g/mol. The van der Waals surface area contributed by atoms with E-state index in [-0.39, 0.29) is 11.8 Å². The summed E-state index contributed by atoms with van der Waals surface area (Å²) in [6.07, 6.45) is 1.28. The van der Waals surface area contributed by atoms with Gasteiger partial charge in [-0.2, -0.15) is 0 Å². The number of nitrogens with one attached hydrogen (secondary N) is 1. The predicted octanol–water partition coefficient (Wildman–Crippen LogP) is 4.30. The number of Topliss-reactive ketones (excluding diaryl/α,β-unsaturated/α-hetero) is 1. The first-order chi connectivity index (χ1) is 11.2. The number of hydrogen-bond donors (Lipinski definition) is 1. The maximum Gasteiger partial charge on any atom is 0.159 e. The molecule has 3 aromatic carbocycles. The summed E-state index contributed by atoms with van der Waals surface area (Å²) in [4.78, 5) is 12.8. The molecule has 1 aliphatic heterocycles. The second-order valence-corrected chi connectivity index (χ2v) is 6.28. The number of anilines is 1. The molecule has 114 valence electrons. The van der Waals surface area contributed by atoms with Crippen LogP contribution in [0, 0.1) is 6.92 Å². The van der Waals surface area contributed by atoms with E-state index in [0.717, 1.165) is 17.7 Å². The Labute approximate surface area is 136 Å². The van der Waals surface area contributed by atoms with Gasteiger partial charge in [-0.05, 0) is 40.5 Å². The van der Waals surface area contributed by atoms with Gasteiger partial charge in [0.25, 0.3) is 0 Å². The Morgan fingerprint density at radius 3 is 2.70 bits per heavy atom. The topological polar surface area (TPSA) is 29.1 Å². The summed E-state index contributed by atoms with van der Waals surface area (Å²) in [6.45, 7) is 2.09. The van der Waals surface area contributed by atoms with Gasteiger partial charge in [-0.1, -0.05) is 54.6 Å². The average molecular weight is 301 g/mol. The van der Waals surface area contributed by atoms with Gasteiger partial charge >= 0.3 is 0 Å². The molecule has 1 aliphatic rings.